The van der Waals surface area contributed by atoms with Crippen molar-refractivity contribution in [2.75, 3.05) is 5.32 Å². The average molecular weight is 340 g/mol. The molecule has 0 aliphatic heterocycles. The molecular formula is C19H20N2O2S. The van der Waals surface area contributed by atoms with E-state index in [9.17, 15) is 9.59 Å². The lowest BCUT2D eigenvalue weighted by atomic mass is 10.1. The van der Waals surface area contributed by atoms with Gasteiger partial charge in [-0.25, -0.2) is 0 Å². The van der Waals surface area contributed by atoms with Crippen molar-refractivity contribution in [2.45, 2.75) is 33.2 Å². The van der Waals surface area contributed by atoms with E-state index in [0.29, 0.717) is 11.8 Å². The maximum atomic E-state index is 12.7. The average Bonchev–Trinajstić information content (AvgIpc) is 2.88. The number of anilines is 1. The second-order valence-corrected chi connectivity index (χ2v) is 6.97. The van der Waals surface area contributed by atoms with Crippen LogP contribution in [-0.2, 0) is 4.79 Å². The second kappa shape index (κ2) is 6.61. The number of amides is 1. The van der Waals surface area contributed by atoms with Gasteiger partial charge in [-0.15, -0.1) is 0 Å². The Bertz CT molecular complexity index is 955. The van der Waals surface area contributed by atoms with E-state index >= 15 is 0 Å². The highest BCUT2D eigenvalue weighted by molar-refractivity contribution is 7.14. The van der Waals surface area contributed by atoms with Gasteiger partial charge in [-0.1, -0.05) is 48.3 Å². The summed E-state index contributed by atoms with van der Waals surface area (Å²) < 4.78 is 2.49. The summed E-state index contributed by atoms with van der Waals surface area (Å²) in [5, 5.41) is 3.63. The first kappa shape index (κ1) is 16.5. The predicted octanol–water partition coefficient (Wildman–Crippen LogP) is 4.27. The van der Waals surface area contributed by atoms with Crippen LogP contribution in [0.3, 0.4) is 0 Å². The van der Waals surface area contributed by atoms with E-state index < -0.39 is 6.04 Å². The lowest BCUT2D eigenvalue weighted by Gasteiger charge is -2.16. The Kier molecular flexibility index (Phi) is 4.53. The number of benzene rings is 2. The molecule has 0 saturated heterocycles. The second-order valence-electron chi connectivity index (χ2n) is 5.95. The molecule has 2 aromatic carbocycles. The molecule has 0 radical (unpaired) electrons. The number of nitrogens with zero attached hydrogens (tertiary/aromatic N) is 1. The quantitative estimate of drug-likeness (QED) is 0.771. The number of carbonyl (C=O) groups is 1. The number of nitrogens with one attached hydrogen (secondary N) is 1. The van der Waals surface area contributed by atoms with E-state index in [1.165, 1.54) is 11.5 Å². The fraction of sp³-hybridized carbons (Fsp3) is 0.263. The molecule has 1 heterocycles. The summed E-state index contributed by atoms with van der Waals surface area (Å²) >= 11 is 1.35. The van der Waals surface area contributed by atoms with Crippen LogP contribution < -0.4 is 10.9 Å². The number of carbonyl (C=O) groups excluding carboxylic acids is 1. The molecule has 1 N–H and O–H groups in total. The number of fused-ring (bicyclic) bond motifs is 1. The number of hydrogen-bond acceptors (Lipinski definition) is 3. The molecule has 0 unspecified atom stereocenters. The molecule has 1 atom stereocenters. The number of rotatable bonds is 4. The standard InChI is InChI=1S/C19H20N2O2S/c1-4-16(18(22)20-15-10-9-12(2)11-13(15)3)21-19(23)14-7-5-6-8-17(14)24-21/h5-11,16H,4H2,1-3H3,(H,20,22)/t16-/m1/s1. The highest BCUT2D eigenvalue weighted by Crippen LogP contribution is 2.23. The molecule has 0 saturated carbocycles. The highest BCUT2D eigenvalue weighted by atomic mass is 32.1. The van der Waals surface area contributed by atoms with Crippen molar-refractivity contribution >= 4 is 33.2 Å². The molecule has 0 aliphatic carbocycles. The van der Waals surface area contributed by atoms with Gasteiger partial charge in [0.2, 0.25) is 5.91 Å². The van der Waals surface area contributed by atoms with Gasteiger partial charge < -0.3 is 5.32 Å². The van der Waals surface area contributed by atoms with E-state index in [1.807, 2.05) is 57.2 Å². The number of aromatic nitrogens is 1. The van der Waals surface area contributed by atoms with Crippen molar-refractivity contribution in [3.8, 4) is 0 Å². The van der Waals surface area contributed by atoms with Crippen LogP contribution in [0.2, 0.25) is 0 Å². The van der Waals surface area contributed by atoms with Crippen LogP contribution in [0.15, 0.2) is 47.3 Å². The monoisotopic (exact) mass is 340 g/mol. The van der Waals surface area contributed by atoms with Crippen LogP contribution >= 0.6 is 11.5 Å². The molecule has 3 aromatic rings. The molecule has 0 aliphatic rings. The van der Waals surface area contributed by atoms with E-state index in [1.54, 1.807) is 10.0 Å². The summed E-state index contributed by atoms with van der Waals surface area (Å²) in [7, 11) is 0. The zero-order chi connectivity index (χ0) is 17.3. The fourth-order valence-corrected chi connectivity index (χ4v) is 3.98. The molecule has 124 valence electrons. The molecular weight excluding hydrogens is 320 g/mol. The van der Waals surface area contributed by atoms with Crippen molar-refractivity contribution in [3.05, 3.63) is 63.9 Å². The zero-order valence-corrected chi connectivity index (χ0v) is 14.8. The molecule has 0 bridgehead atoms. The predicted molar refractivity (Wildman–Crippen MR) is 100.0 cm³/mol. The van der Waals surface area contributed by atoms with E-state index in [0.717, 1.165) is 21.5 Å². The van der Waals surface area contributed by atoms with Crippen LogP contribution in [-0.4, -0.2) is 9.86 Å². The molecule has 0 fully saturated rings. The normalized spacial score (nSPS) is 12.3. The lowest BCUT2D eigenvalue weighted by molar-refractivity contribution is -0.119. The zero-order valence-electron chi connectivity index (χ0n) is 14.0. The highest BCUT2D eigenvalue weighted by Gasteiger charge is 2.23. The number of hydrogen-bond donors (Lipinski definition) is 1. The molecule has 3 rings (SSSR count). The van der Waals surface area contributed by atoms with Gasteiger partial charge in [0.05, 0.1) is 10.1 Å². The molecule has 5 heteroatoms. The van der Waals surface area contributed by atoms with E-state index in [2.05, 4.69) is 5.32 Å². The Morgan fingerprint density at radius 1 is 1.21 bits per heavy atom. The van der Waals surface area contributed by atoms with Crippen molar-refractivity contribution in [3.63, 3.8) is 0 Å². The van der Waals surface area contributed by atoms with Gasteiger partial charge in [0.1, 0.15) is 6.04 Å². The third-order valence-electron chi connectivity index (χ3n) is 4.13. The van der Waals surface area contributed by atoms with Gasteiger partial charge >= 0.3 is 0 Å². The Morgan fingerprint density at radius 2 is 1.96 bits per heavy atom. The van der Waals surface area contributed by atoms with Crippen LogP contribution in [0.5, 0.6) is 0 Å². The van der Waals surface area contributed by atoms with Crippen molar-refractivity contribution in [2.24, 2.45) is 0 Å². The SMILES string of the molecule is CC[C@H](C(=O)Nc1ccc(C)cc1C)n1sc2ccccc2c1=O. The first-order valence-corrected chi connectivity index (χ1v) is 8.77. The Morgan fingerprint density at radius 3 is 2.62 bits per heavy atom. The molecule has 4 nitrogen and oxygen atoms in total. The summed E-state index contributed by atoms with van der Waals surface area (Å²) in [6, 6.07) is 12.9. The van der Waals surface area contributed by atoms with Gasteiger partial charge in [-0.3, -0.25) is 13.5 Å². The minimum atomic E-state index is -0.504. The third kappa shape index (κ3) is 2.99. The molecule has 1 aromatic heterocycles. The first-order valence-electron chi connectivity index (χ1n) is 8.00. The summed E-state index contributed by atoms with van der Waals surface area (Å²) in [5.74, 6) is -0.155. The Hall–Kier alpha value is -2.40. The topological polar surface area (TPSA) is 51.1 Å². The maximum absolute atomic E-state index is 12.7. The van der Waals surface area contributed by atoms with Gasteiger partial charge in [0.25, 0.3) is 5.56 Å². The number of aryl methyl sites for hydroxylation is 2. The summed E-state index contributed by atoms with van der Waals surface area (Å²) in [6.45, 7) is 5.91. The Balaban J connectivity index is 1.94. The van der Waals surface area contributed by atoms with Gasteiger partial charge in [0.15, 0.2) is 0 Å². The minimum Gasteiger partial charge on any atom is -0.324 e. The smallest absolute Gasteiger partial charge is 0.269 e. The largest absolute Gasteiger partial charge is 0.324 e. The van der Waals surface area contributed by atoms with E-state index in [-0.39, 0.29) is 11.5 Å². The van der Waals surface area contributed by atoms with Gasteiger partial charge in [-0.05, 0) is 44.0 Å². The maximum Gasteiger partial charge on any atom is 0.269 e. The Labute approximate surface area is 144 Å². The first-order chi connectivity index (χ1) is 11.5. The molecule has 0 spiro atoms. The summed E-state index contributed by atoms with van der Waals surface area (Å²) in [5.41, 5.74) is 2.86. The van der Waals surface area contributed by atoms with Gasteiger partial charge in [-0.2, -0.15) is 0 Å². The minimum absolute atomic E-state index is 0.0989. The van der Waals surface area contributed by atoms with E-state index in [4.69, 9.17) is 0 Å². The summed E-state index contributed by atoms with van der Waals surface area (Å²) in [6.07, 6.45) is 0.559. The van der Waals surface area contributed by atoms with Crippen molar-refractivity contribution < 1.29 is 4.79 Å². The van der Waals surface area contributed by atoms with Crippen LogP contribution in [0.25, 0.3) is 10.1 Å². The molecule has 1 amide bonds. The van der Waals surface area contributed by atoms with Crippen LogP contribution in [0.4, 0.5) is 5.69 Å². The van der Waals surface area contributed by atoms with Crippen molar-refractivity contribution in [1.82, 2.24) is 3.96 Å². The molecule has 24 heavy (non-hydrogen) atoms. The van der Waals surface area contributed by atoms with Crippen LogP contribution in [0.1, 0.15) is 30.5 Å². The summed E-state index contributed by atoms with van der Waals surface area (Å²) in [4.78, 5) is 25.3. The third-order valence-corrected chi connectivity index (χ3v) is 5.30. The van der Waals surface area contributed by atoms with Gasteiger partial charge in [0, 0.05) is 5.69 Å². The van der Waals surface area contributed by atoms with Crippen LogP contribution in [0, 0.1) is 13.8 Å². The fourth-order valence-electron chi connectivity index (χ4n) is 2.82. The van der Waals surface area contributed by atoms with Crippen molar-refractivity contribution in [1.29, 1.82) is 0 Å². The lowest BCUT2D eigenvalue weighted by Crippen LogP contribution is -2.30.